The molecule has 0 fully saturated rings. The number of carbonyl (C=O) groups excluding carboxylic acids is 2. The summed E-state index contributed by atoms with van der Waals surface area (Å²) < 4.78 is 13.7. The summed E-state index contributed by atoms with van der Waals surface area (Å²) in [5.41, 5.74) is 2.91. The first-order chi connectivity index (χ1) is 11.1. The molecule has 0 unspecified atom stereocenters. The lowest BCUT2D eigenvalue weighted by molar-refractivity contribution is -0.118. The van der Waals surface area contributed by atoms with Crippen LogP contribution in [-0.2, 0) is 17.6 Å². The van der Waals surface area contributed by atoms with Crippen molar-refractivity contribution in [1.82, 2.24) is 0 Å². The van der Waals surface area contributed by atoms with Crippen LogP contribution in [0.2, 0.25) is 0 Å². The highest BCUT2D eigenvalue weighted by Gasteiger charge is 2.23. The van der Waals surface area contributed by atoms with Gasteiger partial charge < -0.3 is 4.90 Å². The summed E-state index contributed by atoms with van der Waals surface area (Å²) in [6.45, 7) is 2.16. The van der Waals surface area contributed by atoms with E-state index in [0.29, 0.717) is 17.7 Å². The van der Waals surface area contributed by atoms with Crippen molar-refractivity contribution in [2.24, 2.45) is 0 Å². The minimum atomic E-state index is -0.356. The second-order valence-corrected chi connectivity index (χ2v) is 5.82. The summed E-state index contributed by atoms with van der Waals surface area (Å²) in [5.74, 6) is -0.459. The van der Waals surface area contributed by atoms with E-state index in [-0.39, 0.29) is 23.9 Å². The third-order valence-corrected chi connectivity index (χ3v) is 4.21. The smallest absolute Gasteiger partial charge is 0.231 e. The number of carbonyl (C=O) groups is 2. The molecule has 0 radical (unpaired) electrons. The van der Waals surface area contributed by atoms with Gasteiger partial charge in [0.25, 0.3) is 0 Å². The fraction of sp³-hybridized carbons (Fsp3) is 0.263. The zero-order valence-corrected chi connectivity index (χ0v) is 13.0. The van der Waals surface area contributed by atoms with E-state index in [9.17, 15) is 14.0 Å². The van der Waals surface area contributed by atoms with Gasteiger partial charge in [-0.05, 0) is 55.2 Å². The van der Waals surface area contributed by atoms with E-state index < -0.39 is 0 Å². The Bertz CT molecular complexity index is 770. The number of nitrogens with zero attached hydrogens (tertiary/aromatic N) is 1. The summed E-state index contributed by atoms with van der Waals surface area (Å²) in [5, 5.41) is 0. The van der Waals surface area contributed by atoms with Crippen LogP contribution < -0.4 is 4.90 Å². The number of fused-ring (bicyclic) bond motifs is 1. The number of hydrogen-bond donors (Lipinski definition) is 0. The van der Waals surface area contributed by atoms with Crippen LogP contribution in [0.1, 0.15) is 34.8 Å². The van der Waals surface area contributed by atoms with E-state index in [1.807, 2.05) is 12.1 Å². The predicted molar refractivity (Wildman–Crippen MR) is 87.2 cm³/mol. The van der Waals surface area contributed by atoms with Gasteiger partial charge in [-0.3, -0.25) is 9.59 Å². The first-order valence-electron chi connectivity index (χ1n) is 7.74. The van der Waals surface area contributed by atoms with Gasteiger partial charge in [0.05, 0.1) is 6.42 Å². The van der Waals surface area contributed by atoms with Crippen molar-refractivity contribution in [3.05, 3.63) is 65.0 Å². The van der Waals surface area contributed by atoms with Crippen LogP contribution in [0.15, 0.2) is 42.5 Å². The number of benzene rings is 2. The first kappa shape index (κ1) is 15.4. The van der Waals surface area contributed by atoms with Crippen LogP contribution >= 0.6 is 0 Å². The molecule has 1 aliphatic heterocycles. The van der Waals surface area contributed by atoms with Gasteiger partial charge in [-0.1, -0.05) is 18.2 Å². The van der Waals surface area contributed by atoms with Gasteiger partial charge in [-0.2, -0.15) is 0 Å². The van der Waals surface area contributed by atoms with E-state index >= 15 is 0 Å². The number of hydrogen-bond acceptors (Lipinski definition) is 2. The molecule has 0 aliphatic carbocycles. The molecule has 4 heteroatoms. The number of ketones is 1. The lowest BCUT2D eigenvalue weighted by Crippen LogP contribution is -2.36. The van der Waals surface area contributed by atoms with Gasteiger partial charge in [-0.15, -0.1) is 0 Å². The SMILES string of the molecule is CC(=O)c1ccc2c(c1)CCCN2C(=O)Cc1ccccc1F. The highest BCUT2D eigenvalue weighted by molar-refractivity contribution is 5.98. The second-order valence-electron chi connectivity index (χ2n) is 5.82. The fourth-order valence-corrected chi connectivity index (χ4v) is 2.98. The van der Waals surface area contributed by atoms with E-state index in [0.717, 1.165) is 24.1 Å². The third-order valence-electron chi connectivity index (χ3n) is 4.21. The van der Waals surface area contributed by atoms with Crippen LogP contribution in [0.4, 0.5) is 10.1 Å². The van der Waals surface area contributed by atoms with Crippen molar-refractivity contribution in [3.63, 3.8) is 0 Å². The first-order valence-corrected chi connectivity index (χ1v) is 7.74. The maximum absolute atomic E-state index is 13.7. The molecule has 2 aromatic rings. The summed E-state index contributed by atoms with van der Waals surface area (Å²) in [6, 6.07) is 11.8. The minimum Gasteiger partial charge on any atom is -0.312 e. The van der Waals surface area contributed by atoms with Crippen molar-refractivity contribution < 1.29 is 14.0 Å². The molecule has 1 aliphatic rings. The lowest BCUT2D eigenvalue weighted by atomic mass is 9.97. The molecule has 0 saturated heterocycles. The van der Waals surface area contributed by atoms with Crippen LogP contribution in [0.5, 0.6) is 0 Å². The normalized spacial score (nSPS) is 13.6. The molecule has 3 rings (SSSR count). The van der Waals surface area contributed by atoms with Crippen molar-refractivity contribution >= 4 is 17.4 Å². The molecule has 2 aromatic carbocycles. The van der Waals surface area contributed by atoms with Gasteiger partial charge in [0.15, 0.2) is 5.78 Å². The van der Waals surface area contributed by atoms with Gasteiger partial charge in [-0.25, -0.2) is 4.39 Å². The molecule has 23 heavy (non-hydrogen) atoms. The number of Topliss-reactive ketones (excluding diaryl/α,β-unsaturated/α-hetero) is 1. The Balaban J connectivity index is 1.86. The molecule has 1 amide bonds. The molecule has 3 nitrogen and oxygen atoms in total. The summed E-state index contributed by atoms with van der Waals surface area (Å²) in [6.07, 6.45) is 1.73. The van der Waals surface area contributed by atoms with Crippen molar-refractivity contribution in [3.8, 4) is 0 Å². The average molecular weight is 311 g/mol. The van der Waals surface area contributed by atoms with Crippen LogP contribution in [0.3, 0.4) is 0 Å². The Morgan fingerprint density at radius 3 is 2.70 bits per heavy atom. The number of halogens is 1. The van der Waals surface area contributed by atoms with E-state index in [2.05, 4.69) is 0 Å². The van der Waals surface area contributed by atoms with Crippen LogP contribution in [0.25, 0.3) is 0 Å². The second kappa shape index (κ2) is 6.32. The lowest BCUT2D eigenvalue weighted by Gasteiger charge is -2.30. The zero-order chi connectivity index (χ0) is 16.4. The highest BCUT2D eigenvalue weighted by atomic mass is 19.1. The van der Waals surface area contributed by atoms with Gasteiger partial charge in [0, 0.05) is 17.8 Å². The molecule has 0 aromatic heterocycles. The standard InChI is InChI=1S/C19H18FNO2/c1-13(22)14-8-9-18-16(11-14)6-4-10-21(18)19(23)12-15-5-2-3-7-17(15)20/h2-3,5,7-9,11H,4,6,10,12H2,1H3. The Labute approximate surface area is 134 Å². The molecule has 0 N–H and O–H groups in total. The Kier molecular flexibility index (Phi) is 4.24. The minimum absolute atomic E-state index is 0.0163. The van der Waals surface area contributed by atoms with E-state index in [1.54, 1.807) is 29.2 Å². The maximum Gasteiger partial charge on any atom is 0.231 e. The molecule has 118 valence electrons. The monoisotopic (exact) mass is 311 g/mol. The topological polar surface area (TPSA) is 37.4 Å². The summed E-state index contributed by atoms with van der Waals surface area (Å²) >= 11 is 0. The highest BCUT2D eigenvalue weighted by Crippen LogP contribution is 2.29. The predicted octanol–water partition coefficient (Wildman–Crippen LogP) is 3.55. The third kappa shape index (κ3) is 3.16. The fourth-order valence-electron chi connectivity index (χ4n) is 2.98. The molecule has 0 saturated carbocycles. The van der Waals surface area contributed by atoms with Gasteiger partial charge in [0.1, 0.15) is 5.82 Å². The number of anilines is 1. The van der Waals surface area contributed by atoms with E-state index in [4.69, 9.17) is 0 Å². The molecule has 0 atom stereocenters. The van der Waals surface area contributed by atoms with E-state index in [1.165, 1.54) is 13.0 Å². The van der Waals surface area contributed by atoms with Crippen molar-refractivity contribution in [2.75, 3.05) is 11.4 Å². The number of amides is 1. The largest absolute Gasteiger partial charge is 0.312 e. The number of aryl methyl sites for hydroxylation is 1. The van der Waals surface area contributed by atoms with Crippen LogP contribution in [-0.4, -0.2) is 18.2 Å². The Morgan fingerprint density at radius 2 is 1.96 bits per heavy atom. The average Bonchev–Trinajstić information content (AvgIpc) is 2.55. The molecule has 0 bridgehead atoms. The molecule has 0 spiro atoms. The van der Waals surface area contributed by atoms with Crippen molar-refractivity contribution in [2.45, 2.75) is 26.2 Å². The Hall–Kier alpha value is -2.49. The molecular formula is C19H18FNO2. The Morgan fingerprint density at radius 1 is 1.17 bits per heavy atom. The van der Waals surface area contributed by atoms with Gasteiger partial charge in [0.2, 0.25) is 5.91 Å². The number of rotatable bonds is 3. The van der Waals surface area contributed by atoms with Crippen molar-refractivity contribution in [1.29, 1.82) is 0 Å². The van der Waals surface area contributed by atoms with Gasteiger partial charge >= 0.3 is 0 Å². The molecular weight excluding hydrogens is 293 g/mol. The summed E-state index contributed by atoms with van der Waals surface area (Å²) in [7, 11) is 0. The zero-order valence-electron chi connectivity index (χ0n) is 13.0. The quantitative estimate of drug-likeness (QED) is 0.813. The summed E-state index contributed by atoms with van der Waals surface area (Å²) in [4.78, 5) is 25.8. The molecule has 1 heterocycles. The maximum atomic E-state index is 13.7. The van der Waals surface area contributed by atoms with Crippen LogP contribution in [0, 0.1) is 5.82 Å².